The Morgan fingerprint density at radius 1 is 1.20 bits per heavy atom. The third kappa shape index (κ3) is 2.23. The van der Waals surface area contributed by atoms with Gasteiger partial charge in [-0.2, -0.15) is 0 Å². The van der Waals surface area contributed by atoms with Crippen LogP contribution < -0.4 is 0 Å². The number of halogens is 1. The lowest BCUT2D eigenvalue weighted by Gasteiger charge is -2.03. The second-order valence-corrected chi connectivity index (χ2v) is 4.03. The third-order valence-corrected chi connectivity index (χ3v) is 2.97. The van der Waals surface area contributed by atoms with Crippen molar-refractivity contribution >= 4 is 15.9 Å². The molecule has 0 amide bonds. The van der Waals surface area contributed by atoms with Crippen LogP contribution in [0.5, 0.6) is 0 Å². The smallest absolute Gasteiger partial charge is 0.117 e. The molecule has 0 radical (unpaired) electrons. The molecule has 1 aromatic carbocycles. The topological polar surface area (TPSA) is 25.8 Å². The molecule has 2 aromatic rings. The molecule has 0 aliphatic rings. The van der Waals surface area contributed by atoms with Crippen LogP contribution in [0.3, 0.4) is 0 Å². The predicted octanol–water partition coefficient (Wildman–Crippen LogP) is 3.47. The Balaban J connectivity index is 2.42. The van der Waals surface area contributed by atoms with E-state index in [9.17, 15) is 0 Å². The molecule has 2 rings (SSSR count). The molecule has 15 heavy (non-hydrogen) atoms. The summed E-state index contributed by atoms with van der Waals surface area (Å²) < 4.78 is 0.835. The lowest BCUT2D eigenvalue weighted by atomic mass is 10.1. The molecule has 0 N–H and O–H groups in total. The van der Waals surface area contributed by atoms with Gasteiger partial charge in [0.25, 0.3) is 0 Å². The molecule has 0 saturated heterocycles. The molecular weight excluding hydrogens is 252 g/mol. The minimum atomic E-state index is 0.835. The van der Waals surface area contributed by atoms with E-state index in [1.165, 1.54) is 11.9 Å². The standard InChI is InChI=1S/C12H11BrN2/c1-2-9-3-5-10(6-4-9)11-7-14-8-15-12(11)13/h3-8H,2H2,1H3. The van der Waals surface area contributed by atoms with Gasteiger partial charge >= 0.3 is 0 Å². The van der Waals surface area contributed by atoms with E-state index >= 15 is 0 Å². The van der Waals surface area contributed by atoms with E-state index < -0.39 is 0 Å². The molecule has 0 fully saturated rings. The molecule has 0 atom stereocenters. The van der Waals surface area contributed by atoms with E-state index in [2.05, 4.69) is 57.1 Å². The van der Waals surface area contributed by atoms with Crippen molar-refractivity contribution in [3.8, 4) is 11.1 Å². The number of benzene rings is 1. The van der Waals surface area contributed by atoms with Crippen molar-refractivity contribution in [2.75, 3.05) is 0 Å². The summed E-state index contributed by atoms with van der Waals surface area (Å²) in [5, 5.41) is 0. The molecular formula is C12H11BrN2. The summed E-state index contributed by atoms with van der Waals surface area (Å²) in [6.45, 7) is 2.15. The van der Waals surface area contributed by atoms with Gasteiger partial charge in [-0.05, 0) is 33.5 Å². The van der Waals surface area contributed by atoms with Gasteiger partial charge in [-0.3, -0.25) is 0 Å². The van der Waals surface area contributed by atoms with Crippen molar-refractivity contribution in [1.29, 1.82) is 0 Å². The van der Waals surface area contributed by atoms with Crippen LogP contribution in [0, 0.1) is 0 Å². The average molecular weight is 263 g/mol. The van der Waals surface area contributed by atoms with Crippen LogP contribution in [0.15, 0.2) is 41.4 Å². The monoisotopic (exact) mass is 262 g/mol. The molecule has 0 aliphatic carbocycles. The van der Waals surface area contributed by atoms with Gasteiger partial charge in [-0.1, -0.05) is 31.2 Å². The number of rotatable bonds is 2. The minimum Gasteiger partial charge on any atom is -0.244 e. The Morgan fingerprint density at radius 3 is 2.53 bits per heavy atom. The Morgan fingerprint density at radius 2 is 1.93 bits per heavy atom. The maximum absolute atomic E-state index is 4.10. The van der Waals surface area contributed by atoms with Crippen molar-refractivity contribution in [1.82, 2.24) is 9.97 Å². The van der Waals surface area contributed by atoms with Gasteiger partial charge in [-0.15, -0.1) is 0 Å². The van der Waals surface area contributed by atoms with E-state index in [4.69, 9.17) is 0 Å². The van der Waals surface area contributed by atoms with Gasteiger partial charge in [0.05, 0.1) is 0 Å². The maximum atomic E-state index is 4.10. The zero-order valence-corrected chi connectivity index (χ0v) is 10.0. The highest BCUT2D eigenvalue weighted by Gasteiger charge is 2.03. The van der Waals surface area contributed by atoms with Gasteiger partial charge < -0.3 is 0 Å². The molecule has 3 heteroatoms. The van der Waals surface area contributed by atoms with Crippen LogP contribution in [0.2, 0.25) is 0 Å². The quantitative estimate of drug-likeness (QED) is 0.775. The molecule has 1 aromatic heterocycles. The molecule has 0 spiro atoms. The fraction of sp³-hybridized carbons (Fsp3) is 0.167. The Kier molecular flexibility index (Phi) is 3.11. The van der Waals surface area contributed by atoms with Gasteiger partial charge in [0.2, 0.25) is 0 Å². The van der Waals surface area contributed by atoms with E-state index in [1.54, 1.807) is 0 Å². The maximum Gasteiger partial charge on any atom is 0.117 e. The lowest BCUT2D eigenvalue weighted by Crippen LogP contribution is -1.86. The summed E-state index contributed by atoms with van der Waals surface area (Å²) in [6, 6.07) is 8.47. The van der Waals surface area contributed by atoms with E-state index in [0.717, 1.165) is 22.2 Å². The minimum absolute atomic E-state index is 0.835. The molecule has 0 saturated carbocycles. The lowest BCUT2D eigenvalue weighted by molar-refractivity contribution is 1.13. The third-order valence-electron chi connectivity index (χ3n) is 2.34. The second kappa shape index (κ2) is 4.53. The van der Waals surface area contributed by atoms with Crippen molar-refractivity contribution in [3.63, 3.8) is 0 Å². The van der Waals surface area contributed by atoms with Gasteiger partial charge in [0, 0.05) is 11.8 Å². The predicted molar refractivity (Wildman–Crippen MR) is 64.5 cm³/mol. The number of hydrogen-bond donors (Lipinski definition) is 0. The van der Waals surface area contributed by atoms with Crippen LogP contribution >= 0.6 is 15.9 Å². The fourth-order valence-electron chi connectivity index (χ4n) is 1.43. The molecule has 2 nitrogen and oxygen atoms in total. The highest BCUT2D eigenvalue weighted by Crippen LogP contribution is 2.25. The molecule has 76 valence electrons. The summed E-state index contributed by atoms with van der Waals surface area (Å²) in [5.41, 5.74) is 3.51. The van der Waals surface area contributed by atoms with Crippen LogP contribution in [-0.4, -0.2) is 9.97 Å². The Hall–Kier alpha value is -1.22. The van der Waals surface area contributed by atoms with Crippen molar-refractivity contribution < 1.29 is 0 Å². The first-order valence-corrected chi connectivity index (χ1v) is 5.65. The Labute approximate surface area is 97.5 Å². The van der Waals surface area contributed by atoms with E-state index in [0.29, 0.717) is 0 Å². The normalized spacial score (nSPS) is 10.3. The SMILES string of the molecule is CCc1ccc(-c2cncnc2Br)cc1. The second-order valence-electron chi connectivity index (χ2n) is 3.28. The van der Waals surface area contributed by atoms with E-state index in [-0.39, 0.29) is 0 Å². The zero-order valence-electron chi connectivity index (χ0n) is 8.44. The molecule has 1 heterocycles. The van der Waals surface area contributed by atoms with Gasteiger partial charge in [0.15, 0.2) is 0 Å². The number of nitrogens with zero attached hydrogens (tertiary/aromatic N) is 2. The summed E-state index contributed by atoms with van der Waals surface area (Å²) in [5.74, 6) is 0. The van der Waals surface area contributed by atoms with Gasteiger partial charge in [0.1, 0.15) is 10.9 Å². The summed E-state index contributed by atoms with van der Waals surface area (Å²) in [6.07, 6.45) is 4.42. The highest BCUT2D eigenvalue weighted by molar-refractivity contribution is 9.10. The van der Waals surface area contributed by atoms with Crippen LogP contribution in [-0.2, 0) is 6.42 Å². The average Bonchev–Trinajstić information content (AvgIpc) is 2.30. The zero-order chi connectivity index (χ0) is 10.7. The highest BCUT2D eigenvalue weighted by atomic mass is 79.9. The molecule has 0 bridgehead atoms. The molecule has 0 unspecified atom stereocenters. The van der Waals surface area contributed by atoms with Gasteiger partial charge in [-0.25, -0.2) is 9.97 Å². The van der Waals surface area contributed by atoms with E-state index in [1.807, 2.05) is 6.20 Å². The van der Waals surface area contributed by atoms with Crippen molar-refractivity contribution in [2.24, 2.45) is 0 Å². The number of aromatic nitrogens is 2. The first-order chi connectivity index (χ1) is 7.31. The fourth-order valence-corrected chi connectivity index (χ4v) is 1.85. The number of hydrogen-bond acceptors (Lipinski definition) is 2. The van der Waals surface area contributed by atoms with Crippen LogP contribution in [0.4, 0.5) is 0 Å². The Bertz CT molecular complexity index is 451. The number of aryl methyl sites for hydroxylation is 1. The first-order valence-electron chi connectivity index (χ1n) is 4.86. The first kappa shape index (κ1) is 10.3. The van der Waals surface area contributed by atoms with Crippen molar-refractivity contribution in [2.45, 2.75) is 13.3 Å². The summed E-state index contributed by atoms with van der Waals surface area (Å²) in [7, 11) is 0. The summed E-state index contributed by atoms with van der Waals surface area (Å²) in [4.78, 5) is 8.13. The summed E-state index contributed by atoms with van der Waals surface area (Å²) >= 11 is 3.42. The van der Waals surface area contributed by atoms with Crippen LogP contribution in [0.25, 0.3) is 11.1 Å². The van der Waals surface area contributed by atoms with Crippen LogP contribution in [0.1, 0.15) is 12.5 Å². The molecule has 0 aliphatic heterocycles. The van der Waals surface area contributed by atoms with Crippen molar-refractivity contribution in [3.05, 3.63) is 47.0 Å². The largest absolute Gasteiger partial charge is 0.244 e.